The fourth-order valence-electron chi connectivity index (χ4n) is 2.35. The Labute approximate surface area is 130 Å². The third-order valence-electron chi connectivity index (χ3n) is 3.41. The largest absolute Gasteiger partial charge is 0.368 e. The van der Waals surface area contributed by atoms with Crippen molar-refractivity contribution in [2.75, 3.05) is 0 Å². The van der Waals surface area contributed by atoms with Crippen molar-refractivity contribution in [3.8, 4) is 0 Å². The van der Waals surface area contributed by atoms with E-state index in [0.717, 1.165) is 21.9 Å². The predicted molar refractivity (Wildman–Crippen MR) is 88.2 cm³/mol. The van der Waals surface area contributed by atoms with Gasteiger partial charge in [-0.05, 0) is 29.7 Å². The minimum atomic E-state index is -0.703. The minimum Gasteiger partial charge on any atom is -0.368 e. The van der Waals surface area contributed by atoms with Crippen molar-refractivity contribution < 1.29 is 9.59 Å². The van der Waals surface area contributed by atoms with Crippen molar-refractivity contribution in [3.63, 3.8) is 0 Å². The molecule has 114 valence electrons. The highest BCUT2D eigenvalue weighted by atomic mass is 16.2. The van der Waals surface area contributed by atoms with Gasteiger partial charge < -0.3 is 11.1 Å². The summed E-state index contributed by atoms with van der Waals surface area (Å²) in [5.74, 6) is -0.768. The van der Waals surface area contributed by atoms with Crippen LogP contribution < -0.4 is 11.1 Å². The number of carbonyl (C=O) groups is 2. The summed E-state index contributed by atoms with van der Waals surface area (Å²) in [6.45, 7) is 5.54. The van der Waals surface area contributed by atoms with E-state index in [1.807, 2.05) is 42.5 Å². The molecule has 0 fully saturated rings. The zero-order valence-corrected chi connectivity index (χ0v) is 12.6. The molecule has 0 saturated heterocycles. The van der Waals surface area contributed by atoms with Crippen molar-refractivity contribution in [2.24, 2.45) is 5.73 Å². The first-order chi connectivity index (χ1) is 10.5. The summed E-state index contributed by atoms with van der Waals surface area (Å²) in [7, 11) is 0. The highest BCUT2D eigenvalue weighted by Crippen LogP contribution is 2.16. The SMILES string of the molecule is C=C(C)C[C@H](NC(=O)Cc1ccc2ccccc2c1)C(N)=O. The van der Waals surface area contributed by atoms with Crippen LogP contribution in [0.5, 0.6) is 0 Å². The Hall–Kier alpha value is -2.62. The Morgan fingerprint density at radius 1 is 1.18 bits per heavy atom. The van der Waals surface area contributed by atoms with Crippen LogP contribution in [0.1, 0.15) is 18.9 Å². The Bertz CT molecular complexity index is 722. The molecular formula is C18H20N2O2. The van der Waals surface area contributed by atoms with Crippen LogP contribution in [-0.2, 0) is 16.0 Å². The molecule has 0 spiro atoms. The molecule has 2 amide bonds. The molecule has 0 aliphatic carbocycles. The first-order valence-electron chi connectivity index (χ1n) is 7.16. The summed E-state index contributed by atoms with van der Waals surface area (Å²) < 4.78 is 0. The zero-order chi connectivity index (χ0) is 16.1. The quantitative estimate of drug-likeness (QED) is 0.803. The first-order valence-corrected chi connectivity index (χ1v) is 7.16. The van der Waals surface area contributed by atoms with Crippen molar-refractivity contribution in [1.82, 2.24) is 5.32 Å². The molecule has 3 N–H and O–H groups in total. The summed E-state index contributed by atoms with van der Waals surface area (Å²) in [6, 6.07) is 13.1. The number of primary amides is 1. The van der Waals surface area contributed by atoms with Gasteiger partial charge in [0.05, 0.1) is 6.42 Å². The van der Waals surface area contributed by atoms with Crippen LogP contribution in [0.3, 0.4) is 0 Å². The van der Waals surface area contributed by atoms with Gasteiger partial charge in [0, 0.05) is 0 Å². The Balaban J connectivity index is 2.06. The second kappa shape index (κ2) is 6.89. The summed E-state index contributed by atoms with van der Waals surface area (Å²) >= 11 is 0. The number of carbonyl (C=O) groups excluding carboxylic acids is 2. The second-order valence-electron chi connectivity index (χ2n) is 5.54. The lowest BCUT2D eigenvalue weighted by Gasteiger charge is -2.15. The molecule has 0 bridgehead atoms. The van der Waals surface area contributed by atoms with E-state index in [2.05, 4.69) is 11.9 Å². The van der Waals surface area contributed by atoms with E-state index >= 15 is 0 Å². The summed E-state index contributed by atoms with van der Waals surface area (Å²) in [6.07, 6.45) is 0.573. The number of hydrogen-bond acceptors (Lipinski definition) is 2. The molecule has 0 aliphatic heterocycles. The van der Waals surface area contributed by atoms with E-state index in [1.54, 1.807) is 6.92 Å². The van der Waals surface area contributed by atoms with Crippen molar-refractivity contribution in [1.29, 1.82) is 0 Å². The number of amides is 2. The van der Waals surface area contributed by atoms with E-state index in [4.69, 9.17) is 5.73 Å². The average Bonchev–Trinajstić information content (AvgIpc) is 2.45. The molecule has 0 radical (unpaired) electrons. The van der Waals surface area contributed by atoms with Crippen molar-refractivity contribution in [2.45, 2.75) is 25.8 Å². The highest BCUT2D eigenvalue weighted by Gasteiger charge is 2.18. The van der Waals surface area contributed by atoms with Gasteiger partial charge in [0.15, 0.2) is 0 Å². The van der Waals surface area contributed by atoms with Crippen molar-refractivity contribution in [3.05, 3.63) is 60.2 Å². The molecule has 4 nitrogen and oxygen atoms in total. The number of hydrogen-bond donors (Lipinski definition) is 2. The van der Waals surface area contributed by atoms with Crippen LogP contribution in [0, 0.1) is 0 Å². The van der Waals surface area contributed by atoms with E-state index in [9.17, 15) is 9.59 Å². The molecule has 1 atom stereocenters. The Kier molecular flexibility index (Phi) is 4.94. The number of nitrogens with two attached hydrogens (primary N) is 1. The van der Waals surface area contributed by atoms with Crippen molar-refractivity contribution >= 4 is 22.6 Å². The molecule has 0 saturated carbocycles. The fraction of sp³-hybridized carbons (Fsp3) is 0.222. The van der Waals surface area contributed by atoms with Gasteiger partial charge in [0.1, 0.15) is 6.04 Å². The molecule has 2 rings (SSSR count). The van der Waals surface area contributed by atoms with E-state index in [1.165, 1.54) is 0 Å². The molecule has 22 heavy (non-hydrogen) atoms. The minimum absolute atomic E-state index is 0.213. The van der Waals surface area contributed by atoms with Gasteiger partial charge in [0.25, 0.3) is 0 Å². The van der Waals surface area contributed by atoms with Crippen LogP contribution in [0.15, 0.2) is 54.6 Å². The summed E-state index contributed by atoms with van der Waals surface area (Å²) in [5.41, 5.74) is 7.00. The summed E-state index contributed by atoms with van der Waals surface area (Å²) in [4.78, 5) is 23.5. The van der Waals surface area contributed by atoms with E-state index < -0.39 is 11.9 Å². The standard InChI is InChI=1S/C18H20N2O2/c1-12(2)9-16(18(19)22)20-17(21)11-13-7-8-14-5-3-4-6-15(14)10-13/h3-8,10,16H,1,9,11H2,2H3,(H2,19,22)(H,20,21)/t16-/m0/s1. The van der Waals surface area contributed by atoms with Gasteiger partial charge in [-0.25, -0.2) is 0 Å². The third-order valence-corrected chi connectivity index (χ3v) is 3.41. The van der Waals surface area contributed by atoms with Crippen LogP contribution in [0.25, 0.3) is 10.8 Å². The first kappa shape index (κ1) is 15.8. The molecule has 0 aliphatic rings. The van der Waals surface area contributed by atoms with Gasteiger partial charge in [-0.1, -0.05) is 48.0 Å². The predicted octanol–water partition coefficient (Wildman–Crippen LogP) is 2.32. The molecule has 2 aromatic carbocycles. The fourth-order valence-corrected chi connectivity index (χ4v) is 2.35. The molecule has 2 aromatic rings. The normalized spacial score (nSPS) is 11.9. The topological polar surface area (TPSA) is 72.2 Å². The van der Waals surface area contributed by atoms with Crippen LogP contribution in [0.2, 0.25) is 0 Å². The highest BCUT2D eigenvalue weighted by molar-refractivity contribution is 5.89. The van der Waals surface area contributed by atoms with Crippen LogP contribution in [0.4, 0.5) is 0 Å². The van der Waals surface area contributed by atoms with Gasteiger partial charge in [-0.3, -0.25) is 9.59 Å². The molecule has 0 aromatic heterocycles. The van der Waals surface area contributed by atoms with Crippen LogP contribution in [-0.4, -0.2) is 17.9 Å². The maximum absolute atomic E-state index is 12.1. The van der Waals surface area contributed by atoms with Gasteiger partial charge in [-0.15, -0.1) is 6.58 Å². The number of rotatable bonds is 6. The average molecular weight is 296 g/mol. The second-order valence-corrected chi connectivity index (χ2v) is 5.54. The third kappa shape index (κ3) is 4.19. The van der Waals surface area contributed by atoms with Gasteiger partial charge in [0.2, 0.25) is 11.8 Å². The molecule has 0 heterocycles. The van der Waals surface area contributed by atoms with Gasteiger partial charge >= 0.3 is 0 Å². The Morgan fingerprint density at radius 3 is 2.50 bits per heavy atom. The molecular weight excluding hydrogens is 276 g/mol. The lowest BCUT2D eigenvalue weighted by molar-refractivity contribution is -0.126. The lowest BCUT2D eigenvalue weighted by atomic mass is 10.0. The number of nitrogens with one attached hydrogen (secondary N) is 1. The number of benzene rings is 2. The molecule has 0 unspecified atom stereocenters. The number of fused-ring (bicyclic) bond motifs is 1. The maximum atomic E-state index is 12.1. The zero-order valence-electron chi connectivity index (χ0n) is 12.6. The monoisotopic (exact) mass is 296 g/mol. The smallest absolute Gasteiger partial charge is 0.240 e. The lowest BCUT2D eigenvalue weighted by Crippen LogP contribution is -2.45. The molecule has 4 heteroatoms. The van der Waals surface area contributed by atoms with E-state index in [-0.39, 0.29) is 12.3 Å². The maximum Gasteiger partial charge on any atom is 0.240 e. The van der Waals surface area contributed by atoms with Crippen LogP contribution >= 0.6 is 0 Å². The Morgan fingerprint density at radius 2 is 1.86 bits per heavy atom. The van der Waals surface area contributed by atoms with Gasteiger partial charge in [-0.2, -0.15) is 0 Å². The summed E-state index contributed by atoms with van der Waals surface area (Å²) in [5, 5.41) is 4.88. The van der Waals surface area contributed by atoms with E-state index in [0.29, 0.717) is 6.42 Å².